The topological polar surface area (TPSA) is 54.4 Å². The normalized spacial score (nSPS) is 24.1. The second-order valence-electron chi connectivity index (χ2n) is 5.30. The molecule has 0 amide bonds. The number of aliphatic hydroxyl groups is 1. The van der Waals surface area contributed by atoms with E-state index in [0.717, 1.165) is 27.6 Å². The molecule has 1 saturated heterocycles. The van der Waals surface area contributed by atoms with E-state index in [-0.39, 0.29) is 5.75 Å². The van der Waals surface area contributed by atoms with E-state index in [0.29, 0.717) is 12.8 Å². The summed E-state index contributed by atoms with van der Waals surface area (Å²) in [7, 11) is -3.17. The van der Waals surface area contributed by atoms with Gasteiger partial charge in [0.05, 0.1) is 17.1 Å². The molecule has 0 radical (unpaired) electrons. The van der Waals surface area contributed by atoms with E-state index in [4.69, 9.17) is 0 Å². The molecule has 2 unspecified atom stereocenters. The number of aliphatic hydroxyl groups excluding tert-OH is 1. The standard InChI is InChI=1S/C14H19BrO3S/c1-9-8-12(15)10(2)7-11(9)14(16)13-5-3-4-6-19(13,17)18/h7-8,13-14,16H,3-6H2,1-2H3. The molecule has 0 spiro atoms. The summed E-state index contributed by atoms with van der Waals surface area (Å²) < 4.78 is 25.2. The summed E-state index contributed by atoms with van der Waals surface area (Å²) in [5.41, 5.74) is 2.66. The van der Waals surface area contributed by atoms with E-state index >= 15 is 0 Å². The van der Waals surface area contributed by atoms with Crippen LogP contribution in [0.4, 0.5) is 0 Å². The van der Waals surface area contributed by atoms with Gasteiger partial charge in [-0.05, 0) is 49.4 Å². The van der Waals surface area contributed by atoms with Gasteiger partial charge in [-0.2, -0.15) is 0 Å². The fourth-order valence-corrected chi connectivity index (χ4v) is 5.09. The summed E-state index contributed by atoms with van der Waals surface area (Å²) in [5.74, 6) is 0.198. The molecule has 2 rings (SSSR count). The molecule has 1 heterocycles. The van der Waals surface area contributed by atoms with Crippen molar-refractivity contribution in [1.82, 2.24) is 0 Å². The minimum absolute atomic E-state index is 0.198. The molecule has 2 atom stereocenters. The van der Waals surface area contributed by atoms with Gasteiger partial charge in [-0.25, -0.2) is 8.42 Å². The van der Waals surface area contributed by atoms with Gasteiger partial charge in [-0.15, -0.1) is 0 Å². The lowest BCUT2D eigenvalue weighted by Crippen LogP contribution is -2.34. The zero-order chi connectivity index (χ0) is 14.2. The number of sulfone groups is 1. The molecule has 1 aromatic rings. The van der Waals surface area contributed by atoms with E-state index in [1.807, 2.05) is 26.0 Å². The molecule has 106 valence electrons. The van der Waals surface area contributed by atoms with Gasteiger partial charge in [0.15, 0.2) is 9.84 Å². The van der Waals surface area contributed by atoms with Crippen molar-refractivity contribution >= 4 is 25.8 Å². The molecule has 1 aliphatic heterocycles. The summed E-state index contributed by atoms with van der Waals surface area (Å²) in [5, 5.41) is 9.83. The number of benzene rings is 1. The first-order chi connectivity index (χ1) is 8.83. The largest absolute Gasteiger partial charge is 0.387 e. The first kappa shape index (κ1) is 15.0. The van der Waals surface area contributed by atoms with Crippen molar-refractivity contribution in [1.29, 1.82) is 0 Å². The molecule has 0 saturated carbocycles. The Bertz CT molecular complexity index is 581. The van der Waals surface area contributed by atoms with Crippen LogP contribution in [-0.2, 0) is 9.84 Å². The number of halogens is 1. The number of hydrogen-bond acceptors (Lipinski definition) is 3. The first-order valence-corrected chi connectivity index (χ1v) is 9.00. The van der Waals surface area contributed by atoms with Gasteiger partial charge < -0.3 is 5.11 Å². The minimum Gasteiger partial charge on any atom is -0.387 e. The third-order valence-electron chi connectivity index (χ3n) is 3.85. The quantitative estimate of drug-likeness (QED) is 0.895. The highest BCUT2D eigenvalue weighted by molar-refractivity contribution is 9.10. The average molecular weight is 347 g/mol. The van der Waals surface area contributed by atoms with Crippen LogP contribution >= 0.6 is 15.9 Å². The van der Waals surface area contributed by atoms with Crippen LogP contribution in [0.25, 0.3) is 0 Å². The number of hydrogen-bond donors (Lipinski definition) is 1. The SMILES string of the molecule is Cc1cc(C(O)C2CCCCS2(=O)=O)c(C)cc1Br. The molecule has 1 aromatic carbocycles. The summed E-state index contributed by atoms with van der Waals surface area (Å²) >= 11 is 3.45. The number of rotatable bonds is 2. The summed E-state index contributed by atoms with van der Waals surface area (Å²) in [6.45, 7) is 3.84. The smallest absolute Gasteiger partial charge is 0.156 e. The summed E-state index contributed by atoms with van der Waals surface area (Å²) in [4.78, 5) is 0. The van der Waals surface area contributed by atoms with Gasteiger partial charge in [0, 0.05) is 4.47 Å². The van der Waals surface area contributed by atoms with Crippen LogP contribution in [-0.4, -0.2) is 24.5 Å². The molecule has 1 fully saturated rings. The van der Waals surface area contributed by atoms with E-state index in [1.54, 1.807) is 0 Å². The Kier molecular flexibility index (Phi) is 4.38. The average Bonchev–Trinajstić information content (AvgIpc) is 2.32. The van der Waals surface area contributed by atoms with Crippen LogP contribution in [0.15, 0.2) is 16.6 Å². The Morgan fingerprint density at radius 2 is 1.95 bits per heavy atom. The molecule has 1 N–H and O–H groups in total. The zero-order valence-corrected chi connectivity index (χ0v) is 13.6. The molecule has 3 nitrogen and oxygen atoms in total. The van der Waals surface area contributed by atoms with Crippen molar-refractivity contribution in [2.24, 2.45) is 0 Å². The van der Waals surface area contributed by atoms with Crippen molar-refractivity contribution in [3.63, 3.8) is 0 Å². The first-order valence-electron chi connectivity index (χ1n) is 6.49. The summed E-state index contributed by atoms with van der Waals surface area (Å²) in [6.07, 6.45) is 1.22. The van der Waals surface area contributed by atoms with E-state index in [9.17, 15) is 13.5 Å². The van der Waals surface area contributed by atoms with E-state index in [2.05, 4.69) is 15.9 Å². The van der Waals surface area contributed by atoms with Crippen LogP contribution in [0, 0.1) is 13.8 Å². The molecular formula is C14H19BrO3S. The van der Waals surface area contributed by atoms with Crippen LogP contribution in [0.1, 0.15) is 42.1 Å². The van der Waals surface area contributed by atoms with Crippen LogP contribution < -0.4 is 0 Å². The molecule has 0 aliphatic carbocycles. The lowest BCUT2D eigenvalue weighted by atomic mass is 9.96. The van der Waals surface area contributed by atoms with E-state index < -0.39 is 21.2 Å². The maximum absolute atomic E-state index is 12.1. The van der Waals surface area contributed by atoms with Crippen molar-refractivity contribution in [3.8, 4) is 0 Å². The highest BCUT2D eigenvalue weighted by Gasteiger charge is 2.36. The maximum atomic E-state index is 12.1. The third-order valence-corrected chi connectivity index (χ3v) is 6.97. The van der Waals surface area contributed by atoms with Crippen LogP contribution in [0.2, 0.25) is 0 Å². The van der Waals surface area contributed by atoms with Crippen LogP contribution in [0.3, 0.4) is 0 Å². The molecule has 19 heavy (non-hydrogen) atoms. The Morgan fingerprint density at radius 1 is 1.26 bits per heavy atom. The van der Waals surface area contributed by atoms with Gasteiger partial charge in [-0.1, -0.05) is 28.4 Å². The lowest BCUT2D eigenvalue weighted by Gasteiger charge is -2.28. The van der Waals surface area contributed by atoms with Gasteiger partial charge in [0.1, 0.15) is 0 Å². The van der Waals surface area contributed by atoms with Crippen LogP contribution in [0.5, 0.6) is 0 Å². The highest BCUT2D eigenvalue weighted by atomic mass is 79.9. The number of aryl methyl sites for hydroxylation is 2. The van der Waals surface area contributed by atoms with Crippen molar-refractivity contribution in [2.45, 2.75) is 44.5 Å². The molecule has 0 bridgehead atoms. The van der Waals surface area contributed by atoms with Crippen molar-refractivity contribution in [2.75, 3.05) is 5.75 Å². The summed E-state index contributed by atoms with van der Waals surface area (Å²) in [6, 6.07) is 3.82. The second-order valence-corrected chi connectivity index (χ2v) is 8.50. The predicted molar refractivity (Wildman–Crippen MR) is 80.0 cm³/mol. The fourth-order valence-electron chi connectivity index (χ4n) is 2.66. The Balaban J connectivity index is 2.39. The van der Waals surface area contributed by atoms with E-state index in [1.165, 1.54) is 0 Å². The van der Waals surface area contributed by atoms with Gasteiger partial charge in [0.25, 0.3) is 0 Å². The van der Waals surface area contributed by atoms with Gasteiger partial charge in [-0.3, -0.25) is 0 Å². The molecule has 5 heteroatoms. The van der Waals surface area contributed by atoms with Crippen molar-refractivity contribution in [3.05, 3.63) is 33.3 Å². The molecule has 0 aromatic heterocycles. The third kappa shape index (κ3) is 3.03. The highest BCUT2D eigenvalue weighted by Crippen LogP contribution is 2.34. The minimum atomic E-state index is -3.17. The molecule has 1 aliphatic rings. The fraction of sp³-hybridized carbons (Fsp3) is 0.571. The Hall–Kier alpha value is -0.390. The Labute approximate surface area is 123 Å². The Morgan fingerprint density at radius 3 is 2.58 bits per heavy atom. The van der Waals surface area contributed by atoms with Gasteiger partial charge in [0.2, 0.25) is 0 Å². The van der Waals surface area contributed by atoms with Crippen molar-refractivity contribution < 1.29 is 13.5 Å². The predicted octanol–water partition coefficient (Wildman–Crippen LogP) is 3.07. The molecular weight excluding hydrogens is 328 g/mol. The zero-order valence-electron chi connectivity index (χ0n) is 11.2. The monoisotopic (exact) mass is 346 g/mol. The second kappa shape index (κ2) is 5.54. The maximum Gasteiger partial charge on any atom is 0.156 e. The van der Waals surface area contributed by atoms with Gasteiger partial charge >= 0.3 is 0 Å². The lowest BCUT2D eigenvalue weighted by molar-refractivity contribution is 0.163.